The van der Waals surface area contributed by atoms with Gasteiger partial charge in [-0.3, -0.25) is 4.98 Å². The fourth-order valence-electron chi connectivity index (χ4n) is 4.47. The molecule has 1 aliphatic heterocycles. The van der Waals surface area contributed by atoms with Crippen LogP contribution in [0.4, 0.5) is 11.4 Å². The van der Waals surface area contributed by atoms with E-state index in [2.05, 4.69) is 37.3 Å². The molecule has 0 bridgehead atoms. The Hall–Kier alpha value is -3.46. The van der Waals surface area contributed by atoms with Gasteiger partial charge in [0.25, 0.3) is 0 Å². The molecule has 0 amide bonds. The summed E-state index contributed by atoms with van der Waals surface area (Å²) in [6, 6.07) is 7.75. The van der Waals surface area contributed by atoms with E-state index in [-0.39, 0.29) is 11.8 Å². The SMILES string of the molecule is O=C(O)c1ccc(N[C@H]2CC[C@@H](Oc3cc(N4CCOCC4)cc4nccnc34)CC2)cn1. The summed E-state index contributed by atoms with van der Waals surface area (Å²) in [7, 11) is 0. The normalized spacial score (nSPS) is 21.0. The van der Waals surface area contributed by atoms with E-state index in [1.807, 2.05) is 0 Å². The largest absolute Gasteiger partial charge is 0.488 e. The first-order chi connectivity index (χ1) is 16.2. The van der Waals surface area contributed by atoms with Gasteiger partial charge in [0.1, 0.15) is 17.0 Å². The third-order valence-corrected chi connectivity index (χ3v) is 6.22. The van der Waals surface area contributed by atoms with Crippen molar-refractivity contribution in [3.63, 3.8) is 0 Å². The van der Waals surface area contributed by atoms with Crippen LogP contribution in [0.2, 0.25) is 0 Å². The lowest BCUT2D eigenvalue weighted by Gasteiger charge is -2.31. The Morgan fingerprint density at radius 1 is 1.06 bits per heavy atom. The number of aromatic nitrogens is 3. The third-order valence-electron chi connectivity index (χ3n) is 6.22. The standard InChI is InChI=1S/C24H27N5O4/c30-24(31)20-6-3-17(15-27-20)28-16-1-4-19(5-2-16)33-22-14-18(29-9-11-32-12-10-29)13-21-23(22)26-8-7-25-21/h3,6-8,13-16,19,28H,1-2,4-5,9-12H2,(H,30,31)/t16-,19+. The summed E-state index contributed by atoms with van der Waals surface area (Å²) in [5.74, 6) is -0.235. The van der Waals surface area contributed by atoms with E-state index in [0.29, 0.717) is 6.04 Å². The zero-order valence-corrected chi connectivity index (χ0v) is 18.3. The molecule has 0 radical (unpaired) electrons. The Morgan fingerprint density at radius 3 is 2.58 bits per heavy atom. The number of rotatable bonds is 6. The number of carbonyl (C=O) groups is 1. The maximum atomic E-state index is 11.0. The Kier molecular flexibility index (Phi) is 6.21. The summed E-state index contributed by atoms with van der Waals surface area (Å²) >= 11 is 0. The average molecular weight is 450 g/mol. The molecule has 3 aromatic rings. The minimum Gasteiger partial charge on any atom is -0.488 e. The summed E-state index contributed by atoms with van der Waals surface area (Å²) in [4.78, 5) is 26.3. The third kappa shape index (κ3) is 4.98. The fourth-order valence-corrected chi connectivity index (χ4v) is 4.47. The number of pyridine rings is 1. The van der Waals surface area contributed by atoms with Crippen molar-refractivity contribution < 1.29 is 19.4 Å². The number of carboxylic acid groups (broad SMARTS) is 1. The fraction of sp³-hybridized carbons (Fsp3) is 0.417. The molecule has 0 spiro atoms. The topological polar surface area (TPSA) is 110 Å². The number of carboxylic acids is 1. The van der Waals surface area contributed by atoms with E-state index < -0.39 is 5.97 Å². The number of anilines is 2. The predicted molar refractivity (Wildman–Crippen MR) is 124 cm³/mol. The van der Waals surface area contributed by atoms with Crippen molar-refractivity contribution in [2.45, 2.75) is 37.8 Å². The second-order valence-electron chi connectivity index (χ2n) is 8.44. The van der Waals surface area contributed by atoms with E-state index in [4.69, 9.17) is 14.6 Å². The summed E-state index contributed by atoms with van der Waals surface area (Å²) in [6.45, 7) is 3.15. The molecule has 1 saturated carbocycles. The van der Waals surface area contributed by atoms with Crippen molar-refractivity contribution in [1.82, 2.24) is 15.0 Å². The maximum Gasteiger partial charge on any atom is 0.354 e. The molecular formula is C24H27N5O4. The minimum absolute atomic E-state index is 0.0484. The van der Waals surface area contributed by atoms with Crippen LogP contribution in [-0.2, 0) is 4.74 Å². The molecule has 2 fully saturated rings. The first kappa shape index (κ1) is 21.4. The number of morpholine rings is 1. The molecule has 0 unspecified atom stereocenters. The Bertz CT molecular complexity index is 1110. The van der Waals surface area contributed by atoms with Crippen LogP contribution in [0.3, 0.4) is 0 Å². The molecule has 33 heavy (non-hydrogen) atoms. The Labute approximate surface area is 191 Å². The van der Waals surface area contributed by atoms with Crippen LogP contribution in [0.25, 0.3) is 11.0 Å². The first-order valence-corrected chi connectivity index (χ1v) is 11.4. The highest BCUT2D eigenvalue weighted by Gasteiger charge is 2.24. The number of hydrogen-bond acceptors (Lipinski definition) is 8. The molecule has 172 valence electrons. The molecule has 2 N–H and O–H groups in total. The zero-order chi connectivity index (χ0) is 22.6. The smallest absolute Gasteiger partial charge is 0.354 e. The van der Waals surface area contributed by atoms with Crippen LogP contribution < -0.4 is 15.0 Å². The summed E-state index contributed by atoms with van der Waals surface area (Å²) in [5.41, 5.74) is 3.61. The number of nitrogens with zero attached hydrogens (tertiary/aromatic N) is 4. The quantitative estimate of drug-likeness (QED) is 0.585. The molecule has 1 aliphatic carbocycles. The lowest BCUT2D eigenvalue weighted by Crippen LogP contribution is -2.36. The van der Waals surface area contributed by atoms with Crippen molar-refractivity contribution >= 4 is 28.4 Å². The second kappa shape index (κ2) is 9.58. The Balaban J connectivity index is 1.24. The summed E-state index contributed by atoms with van der Waals surface area (Å²) in [6.07, 6.45) is 8.85. The van der Waals surface area contributed by atoms with E-state index in [9.17, 15) is 4.79 Å². The molecule has 0 atom stereocenters. The van der Waals surface area contributed by atoms with E-state index in [0.717, 1.165) is 80.1 Å². The van der Waals surface area contributed by atoms with Crippen LogP contribution >= 0.6 is 0 Å². The average Bonchev–Trinajstić information content (AvgIpc) is 2.86. The van der Waals surface area contributed by atoms with Crippen LogP contribution in [0.15, 0.2) is 42.9 Å². The summed E-state index contributed by atoms with van der Waals surface area (Å²) in [5, 5.41) is 12.5. The highest BCUT2D eigenvalue weighted by molar-refractivity contribution is 5.86. The van der Waals surface area contributed by atoms with E-state index >= 15 is 0 Å². The molecule has 3 heterocycles. The number of fused-ring (bicyclic) bond motifs is 1. The van der Waals surface area contributed by atoms with Crippen LogP contribution in [0, 0.1) is 0 Å². The number of hydrogen-bond donors (Lipinski definition) is 2. The van der Waals surface area contributed by atoms with Gasteiger partial charge >= 0.3 is 5.97 Å². The minimum atomic E-state index is -1.02. The van der Waals surface area contributed by atoms with Gasteiger partial charge in [-0.2, -0.15) is 0 Å². The molecule has 9 nitrogen and oxygen atoms in total. The number of ether oxygens (including phenoxy) is 2. The van der Waals surface area contributed by atoms with Gasteiger partial charge in [-0.05, 0) is 43.9 Å². The first-order valence-electron chi connectivity index (χ1n) is 11.4. The second-order valence-corrected chi connectivity index (χ2v) is 8.44. The van der Waals surface area contributed by atoms with E-state index in [1.165, 1.54) is 6.07 Å². The number of nitrogens with one attached hydrogen (secondary N) is 1. The predicted octanol–water partition coefficient (Wildman–Crippen LogP) is 3.36. The summed E-state index contributed by atoms with van der Waals surface area (Å²) < 4.78 is 12.0. The molecule has 5 rings (SSSR count). The molecule has 2 aromatic heterocycles. The van der Waals surface area contributed by atoms with Gasteiger partial charge in [0.15, 0.2) is 0 Å². The van der Waals surface area contributed by atoms with E-state index in [1.54, 1.807) is 24.7 Å². The molecule has 1 saturated heterocycles. The van der Waals surface area contributed by atoms with Crippen LogP contribution in [0.1, 0.15) is 36.2 Å². The van der Waals surface area contributed by atoms with Gasteiger partial charge in [0.05, 0.1) is 36.7 Å². The Morgan fingerprint density at radius 2 is 1.85 bits per heavy atom. The van der Waals surface area contributed by atoms with Crippen molar-refractivity contribution in [2.24, 2.45) is 0 Å². The van der Waals surface area contributed by atoms with Crippen LogP contribution in [0.5, 0.6) is 5.75 Å². The lowest BCUT2D eigenvalue weighted by atomic mass is 9.92. The number of aromatic carboxylic acids is 1. The zero-order valence-electron chi connectivity index (χ0n) is 18.3. The van der Waals surface area contributed by atoms with Crippen molar-refractivity contribution in [2.75, 3.05) is 36.5 Å². The van der Waals surface area contributed by atoms with Crippen molar-refractivity contribution in [3.8, 4) is 5.75 Å². The van der Waals surface area contributed by atoms with Gasteiger partial charge < -0.3 is 24.8 Å². The van der Waals surface area contributed by atoms with Gasteiger partial charge in [-0.25, -0.2) is 14.8 Å². The van der Waals surface area contributed by atoms with Gasteiger partial charge in [0.2, 0.25) is 0 Å². The van der Waals surface area contributed by atoms with Crippen molar-refractivity contribution in [3.05, 3.63) is 48.5 Å². The van der Waals surface area contributed by atoms with Crippen molar-refractivity contribution in [1.29, 1.82) is 0 Å². The molecular weight excluding hydrogens is 422 g/mol. The molecule has 2 aliphatic rings. The maximum absolute atomic E-state index is 11.0. The van der Waals surface area contributed by atoms with Crippen LogP contribution in [-0.4, -0.2) is 64.5 Å². The van der Waals surface area contributed by atoms with Gasteiger partial charge in [-0.15, -0.1) is 0 Å². The number of benzene rings is 1. The highest BCUT2D eigenvalue weighted by atomic mass is 16.5. The highest BCUT2D eigenvalue weighted by Crippen LogP contribution is 2.33. The van der Waals surface area contributed by atoms with Gasteiger partial charge in [0, 0.05) is 43.3 Å². The lowest BCUT2D eigenvalue weighted by molar-refractivity contribution is 0.0690. The molecule has 1 aromatic carbocycles. The monoisotopic (exact) mass is 449 g/mol. The molecule has 9 heteroatoms. The van der Waals surface area contributed by atoms with Gasteiger partial charge in [-0.1, -0.05) is 0 Å².